The molecule has 5 atom stereocenters. The summed E-state index contributed by atoms with van der Waals surface area (Å²) in [5, 5.41) is 3.01. The zero-order chi connectivity index (χ0) is 25.2. The summed E-state index contributed by atoms with van der Waals surface area (Å²) in [6.45, 7) is 2.83. The Bertz CT molecular complexity index is 1050. The lowest BCUT2D eigenvalue weighted by molar-refractivity contribution is -0.209. The van der Waals surface area contributed by atoms with Gasteiger partial charge in [-0.1, -0.05) is 103 Å². The van der Waals surface area contributed by atoms with Crippen LogP contribution < -0.4 is 5.32 Å². The molecule has 1 N–H and O–H groups in total. The van der Waals surface area contributed by atoms with Crippen LogP contribution in [0.4, 0.5) is 0 Å². The number of carbonyl (C=O) groups is 1. The van der Waals surface area contributed by atoms with E-state index in [1.807, 2.05) is 91.0 Å². The van der Waals surface area contributed by atoms with E-state index in [-0.39, 0.29) is 12.5 Å². The second kappa shape index (κ2) is 13.5. The first kappa shape index (κ1) is 26.3. The first-order valence-electron chi connectivity index (χ1n) is 12.1. The van der Waals surface area contributed by atoms with Crippen molar-refractivity contribution in [2.75, 3.05) is 6.61 Å². The lowest BCUT2D eigenvalue weighted by Crippen LogP contribution is -2.64. The van der Waals surface area contributed by atoms with Gasteiger partial charge in [-0.25, -0.2) is 0 Å². The molecule has 7 heteroatoms. The third-order valence-corrected chi connectivity index (χ3v) is 6.32. The van der Waals surface area contributed by atoms with Crippen molar-refractivity contribution in [3.8, 4) is 0 Å². The summed E-state index contributed by atoms with van der Waals surface area (Å²) in [5.74, 6) is -0.198. The van der Waals surface area contributed by atoms with Crippen molar-refractivity contribution >= 4 is 17.5 Å². The Balaban J connectivity index is 1.51. The van der Waals surface area contributed by atoms with Gasteiger partial charge in [-0.3, -0.25) is 4.79 Å². The van der Waals surface area contributed by atoms with Crippen molar-refractivity contribution in [3.05, 3.63) is 108 Å². The van der Waals surface area contributed by atoms with Crippen molar-refractivity contribution in [3.63, 3.8) is 0 Å². The molecule has 36 heavy (non-hydrogen) atoms. The standard InChI is InChI=1S/C29H32ClNO5/c1-21(32)31-26-27(34-18-23-13-7-3-8-14-23)25(20-33-17-22-11-5-2-6-12-22)36-29(30)28(26)35-19-24-15-9-4-10-16-24/h2-16,25-29H,17-20H2,1H3,(H,31,32)/t25-,26+,27-,28-,29+/m1/s1. The Morgan fingerprint density at radius 3 is 1.75 bits per heavy atom. The highest BCUT2D eigenvalue weighted by Crippen LogP contribution is 2.30. The lowest BCUT2D eigenvalue weighted by atomic mass is 9.96. The van der Waals surface area contributed by atoms with Crippen LogP contribution in [0.5, 0.6) is 0 Å². The Kier molecular flexibility index (Phi) is 9.90. The predicted octanol–water partition coefficient (Wildman–Crippen LogP) is 4.84. The molecule has 1 aliphatic heterocycles. The summed E-state index contributed by atoms with van der Waals surface area (Å²) in [6, 6.07) is 29.0. The van der Waals surface area contributed by atoms with E-state index in [9.17, 15) is 4.79 Å². The lowest BCUT2D eigenvalue weighted by Gasteiger charge is -2.44. The van der Waals surface area contributed by atoms with Crippen molar-refractivity contribution in [1.82, 2.24) is 5.32 Å². The zero-order valence-electron chi connectivity index (χ0n) is 20.3. The van der Waals surface area contributed by atoms with Crippen molar-refractivity contribution in [2.45, 2.75) is 56.7 Å². The van der Waals surface area contributed by atoms with Crippen molar-refractivity contribution in [1.29, 1.82) is 0 Å². The van der Waals surface area contributed by atoms with Crippen LogP contribution in [0.3, 0.4) is 0 Å². The average Bonchev–Trinajstić information content (AvgIpc) is 2.89. The van der Waals surface area contributed by atoms with Crippen LogP contribution in [0.1, 0.15) is 23.6 Å². The number of amides is 1. The molecule has 1 heterocycles. The van der Waals surface area contributed by atoms with E-state index in [2.05, 4.69) is 5.32 Å². The first-order valence-corrected chi connectivity index (χ1v) is 12.5. The van der Waals surface area contributed by atoms with Crippen LogP contribution in [-0.2, 0) is 43.6 Å². The molecular weight excluding hydrogens is 478 g/mol. The molecule has 0 unspecified atom stereocenters. The van der Waals surface area contributed by atoms with Gasteiger partial charge in [0.1, 0.15) is 18.3 Å². The molecule has 6 nitrogen and oxygen atoms in total. The summed E-state index contributed by atoms with van der Waals surface area (Å²) in [4.78, 5) is 12.2. The molecular formula is C29H32ClNO5. The smallest absolute Gasteiger partial charge is 0.217 e. The molecule has 3 aromatic carbocycles. The summed E-state index contributed by atoms with van der Waals surface area (Å²) < 4.78 is 24.7. The number of halogens is 1. The fourth-order valence-electron chi connectivity index (χ4n) is 4.23. The molecule has 4 rings (SSSR count). The molecule has 0 spiro atoms. The molecule has 190 valence electrons. The van der Waals surface area contributed by atoms with Crippen LogP contribution >= 0.6 is 11.6 Å². The van der Waals surface area contributed by atoms with Crippen molar-refractivity contribution in [2.24, 2.45) is 0 Å². The Hall–Kier alpha value is -2.74. The zero-order valence-corrected chi connectivity index (χ0v) is 21.1. The van der Waals surface area contributed by atoms with Gasteiger partial charge in [0.2, 0.25) is 5.91 Å². The van der Waals surface area contributed by atoms with Gasteiger partial charge >= 0.3 is 0 Å². The highest BCUT2D eigenvalue weighted by molar-refractivity contribution is 6.20. The van der Waals surface area contributed by atoms with E-state index in [1.54, 1.807) is 0 Å². The summed E-state index contributed by atoms with van der Waals surface area (Å²) >= 11 is 6.69. The van der Waals surface area contributed by atoms with Crippen LogP contribution in [-0.4, -0.2) is 42.4 Å². The maximum absolute atomic E-state index is 12.2. The van der Waals surface area contributed by atoms with Gasteiger partial charge in [0.15, 0.2) is 5.56 Å². The van der Waals surface area contributed by atoms with E-state index in [0.717, 1.165) is 16.7 Å². The number of rotatable bonds is 11. The summed E-state index contributed by atoms with van der Waals surface area (Å²) in [6.07, 6.45) is -1.67. The molecule has 1 amide bonds. The minimum Gasteiger partial charge on any atom is -0.374 e. The SMILES string of the molecule is CC(=O)N[C@@H]1[C@@H](OCc2ccccc2)[C@@H](Cl)O[C@H](COCc2ccccc2)[C@H]1OCc1ccccc1. The van der Waals surface area contributed by atoms with E-state index in [0.29, 0.717) is 19.8 Å². The highest BCUT2D eigenvalue weighted by Gasteiger charge is 2.47. The number of ether oxygens (including phenoxy) is 4. The van der Waals surface area contributed by atoms with Gasteiger partial charge in [-0.15, -0.1) is 0 Å². The van der Waals surface area contributed by atoms with Gasteiger partial charge in [-0.2, -0.15) is 0 Å². The van der Waals surface area contributed by atoms with Crippen LogP contribution in [0, 0.1) is 0 Å². The highest BCUT2D eigenvalue weighted by atomic mass is 35.5. The van der Waals surface area contributed by atoms with Gasteiger partial charge < -0.3 is 24.3 Å². The number of alkyl halides is 1. The maximum atomic E-state index is 12.2. The molecule has 3 aromatic rings. The fourth-order valence-corrected chi connectivity index (χ4v) is 4.59. The van der Waals surface area contributed by atoms with E-state index in [4.69, 9.17) is 30.5 Å². The van der Waals surface area contributed by atoms with Crippen LogP contribution in [0.15, 0.2) is 91.0 Å². The third-order valence-electron chi connectivity index (χ3n) is 5.97. The maximum Gasteiger partial charge on any atom is 0.217 e. The molecule has 0 aliphatic carbocycles. The minimum atomic E-state index is -0.799. The topological polar surface area (TPSA) is 66.0 Å². The molecule has 0 aromatic heterocycles. The van der Waals surface area contributed by atoms with Crippen LogP contribution in [0.25, 0.3) is 0 Å². The summed E-state index contributed by atoms with van der Waals surface area (Å²) in [5.41, 5.74) is 2.27. The second-order valence-corrected chi connectivity index (χ2v) is 9.21. The molecule has 0 bridgehead atoms. The quantitative estimate of drug-likeness (QED) is 0.375. The van der Waals surface area contributed by atoms with E-state index < -0.39 is 29.9 Å². The number of benzene rings is 3. The molecule has 1 fully saturated rings. The van der Waals surface area contributed by atoms with Crippen molar-refractivity contribution < 1.29 is 23.7 Å². The Morgan fingerprint density at radius 1 is 0.778 bits per heavy atom. The van der Waals surface area contributed by atoms with E-state index in [1.165, 1.54) is 6.92 Å². The average molecular weight is 510 g/mol. The first-order chi connectivity index (χ1) is 17.6. The van der Waals surface area contributed by atoms with Gasteiger partial charge in [-0.05, 0) is 16.7 Å². The Labute approximate surface area is 217 Å². The van der Waals surface area contributed by atoms with Gasteiger partial charge in [0, 0.05) is 6.92 Å². The molecule has 1 aliphatic rings. The third kappa shape index (κ3) is 7.63. The number of hydrogen-bond donors (Lipinski definition) is 1. The van der Waals surface area contributed by atoms with Gasteiger partial charge in [0.05, 0.1) is 32.5 Å². The number of carbonyl (C=O) groups excluding carboxylic acids is 1. The minimum absolute atomic E-state index is 0.198. The van der Waals surface area contributed by atoms with Crippen LogP contribution in [0.2, 0.25) is 0 Å². The number of nitrogens with one attached hydrogen (secondary N) is 1. The molecule has 0 radical (unpaired) electrons. The molecule has 0 saturated carbocycles. The summed E-state index contributed by atoms with van der Waals surface area (Å²) in [7, 11) is 0. The molecule has 1 saturated heterocycles. The van der Waals surface area contributed by atoms with E-state index >= 15 is 0 Å². The largest absolute Gasteiger partial charge is 0.374 e. The van der Waals surface area contributed by atoms with Gasteiger partial charge in [0.25, 0.3) is 0 Å². The Morgan fingerprint density at radius 2 is 1.25 bits per heavy atom. The normalized spacial score (nSPS) is 23.8. The number of hydrogen-bond acceptors (Lipinski definition) is 5. The fraction of sp³-hybridized carbons (Fsp3) is 0.345. The second-order valence-electron chi connectivity index (χ2n) is 8.78. The predicted molar refractivity (Wildman–Crippen MR) is 138 cm³/mol. The monoisotopic (exact) mass is 509 g/mol.